The molecule has 0 saturated heterocycles. The molecule has 0 aliphatic carbocycles. The number of ether oxygens (including phenoxy) is 1. The van der Waals surface area contributed by atoms with Crippen LogP contribution >= 0.6 is 0 Å². The molecule has 4 N–H and O–H groups in total. The van der Waals surface area contributed by atoms with Crippen LogP contribution < -0.4 is 21.3 Å². The standard InChI is InChI=1S/C20H18N6O3/c1-26-18-15(16(25-26)11-6-4-3-5-7-11)19(27)24-17(23-18)13-9-8-12(22-20(21)28)10-14(13)29-2/h3-10H,1-2H3,(H3,21,22,28)(H,23,24,27). The maximum atomic E-state index is 12.9. The van der Waals surface area contributed by atoms with Crippen molar-refractivity contribution in [2.75, 3.05) is 12.4 Å². The topological polar surface area (TPSA) is 128 Å². The van der Waals surface area contributed by atoms with Crippen LogP contribution in [0.25, 0.3) is 33.7 Å². The number of benzene rings is 2. The van der Waals surface area contributed by atoms with Gasteiger partial charge in [-0.3, -0.25) is 4.79 Å². The quantitative estimate of drug-likeness (QED) is 0.493. The Morgan fingerprint density at radius 3 is 2.66 bits per heavy atom. The van der Waals surface area contributed by atoms with Gasteiger partial charge in [0.25, 0.3) is 5.56 Å². The number of carbonyl (C=O) groups is 1. The first kappa shape index (κ1) is 18.2. The van der Waals surface area contributed by atoms with E-state index in [4.69, 9.17) is 10.5 Å². The van der Waals surface area contributed by atoms with E-state index < -0.39 is 6.03 Å². The number of carbonyl (C=O) groups excluding carboxylic acids is 1. The third-order valence-corrected chi connectivity index (χ3v) is 4.47. The summed E-state index contributed by atoms with van der Waals surface area (Å²) >= 11 is 0. The number of nitrogens with two attached hydrogens (primary N) is 1. The van der Waals surface area contributed by atoms with E-state index >= 15 is 0 Å². The highest BCUT2D eigenvalue weighted by Crippen LogP contribution is 2.31. The second-order valence-electron chi connectivity index (χ2n) is 6.36. The number of nitrogens with zero attached hydrogens (tertiary/aromatic N) is 3. The number of primary amides is 1. The summed E-state index contributed by atoms with van der Waals surface area (Å²) in [4.78, 5) is 31.4. The van der Waals surface area contributed by atoms with Crippen molar-refractivity contribution in [2.24, 2.45) is 12.8 Å². The number of methoxy groups -OCH3 is 1. The average Bonchev–Trinajstić information content (AvgIpc) is 3.05. The third-order valence-electron chi connectivity index (χ3n) is 4.47. The summed E-state index contributed by atoms with van der Waals surface area (Å²) in [6.45, 7) is 0. The molecule has 2 aromatic carbocycles. The number of rotatable bonds is 4. The van der Waals surface area contributed by atoms with Gasteiger partial charge in [-0.25, -0.2) is 14.5 Å². The molecule has 0 bridgehead atoms. The summed E-state index contributed by atoms with van der Waals surface area (Å²) in [5.41, 5.74) is 7.72. The Morgan fingerprint density at radius 2 is 1.97 bits per heavy atom. The number of aromatic nitrogens is 4. The number of amides is 2. The Morgan fingerprint density at radius 1 is 1.21 bits per heavy atom. The number of nitrogens with one attached hydrogen (secondary N) is 2. The van der Waals surface area contributed by atoms with Crippen LogP contribution in [0.4, 0.5) is 10.5 Å². The lowest BCUT2D eigenvalue weighted by Gasteiger charge is -2.10. The normalized spacial score (nSPS) is 10.8. The molecule has 0 atom stereocenters. The first-order chi connectivity index (χ1) is 14.0. The minimum atomic E-state index is -0.684. The van der Waals surface area contributed by atoms with Crippen molar-refractivity contribution in [1.82, 2.24) is 19.7 Å². The molecule has 9 nitrogen and oxygen atoms in total. The molecule has 0 aliphatic rings. The van der Waals surface area contributed by atoms with Crippen LogP contribution in [0, 0.1) is 0 Å². The summed E-state index contributed by atoms with van der Waals surface area (Å²) in [6.07, 6.45) is 0. The fourth-order valence-electron chi connectivity index (χ4n) is 3.19. The smallest absolute Gasteiger partial charge is 0.316 e. The number of urea groups is 1. The molecule has 9 heteroatoms. The van der Waals surface area contributed by atoms with Crippen molar-refractivity contribution in [2.45, 2.75) is 0 Å². The maximum absolute atomic E-state index is 12.9. The molecule has 0 saturated carbocycles. The number of hydrogen-bond donors (Lipinski definition) is 3. The molecule has 2 aromatic heterocycles. The van der Waals surface area contributed by atoms with Gasteiger partial charge in [-0.05, 0) is 12.1 Å². The molecule has 2 heterocycles. The van der Waals surface area contributed by atoms with Crippen LogP contribution in [0.3, 0.4) is 0 Å². The molecule has 4 aromatic rings. The maximum Gasteiger partial charge on any atom is 0.316 e. The third kappa shape index (κ3) is 3.29. The Bertz CT molecular complexity index is 1280. The Labute approximate surface area is 165 Å². The van der Waals surface area contributed by atoms with Gasteiger partial charge in [0.05, 0.1) is 12.7 Å². The lowest BCUT2D eigenvalue weighted by Crippen LogP contribution is -2.19. The second kappa shape index (κ2) is 7.12. The minimum absolute atomic E-state index is 0.307. The van der Waals surface area contributed by atoms with Crippen LogP contribution in [0.1, 0.15) is 0 Å². The van der Waals surface area contributed by atoms with Gasteiger partial charge >= 0.3 is 6.03 Å². The van der Waals surface area contributed by atoms with Gasteiger partial charge in [0.1, 0.15) is 22.7 Å². The predicted molar refractivity (Wildman–Crippen MR) is 110 cm³/mol. The van der Waals surface area contributed by atoms with Gasteiger partial charge in [0.15, 0.2) is 5.65 Å². The molecule has 0 radical (unpaired) electrons. The number of anilines is 1. The van der Waals surface area contributed by atoms with Gasteiger partial charge in [-0.15, -0.1) is 0 Å². The number of H-pyrrole nitrogens is 1. The molecular formula is C20H18N6O3. The molecule has 2 amide bonds. The van der Waals surface area contributed by atoms with E-state index in [1.54, 1.807) is 29.9 Å². The van der Waals surface area contributed by atoms with Gasteiger partial charge in [0.2, 0.25) is 0 Å². The molecule has 0 unspecified atom stereocenters. The molecule has 4 rings (SSSR count). The van der Waals surface area contributed by atoms with Crippen LogP contribution in [0.2, 0.25) is 0 Å². The lowest BCUT2D eigenvalue weighted by atomic mass is 10.1. The number of aryl methyl sites for hydroxylation is 1. The van der Waals surface area contributed by atoms with Gasteiger partial charge < -0.3 is 20.8 Å². The molecule has 0 aliphatic heterocycles. The zero-order valence-electron chi connectivity index (χ0n) is 15.8. The second-order valence-corrected chi connectivity index (χ2v) is 6.36. The SMILES string of the molecule is COc1cc(NC(N)=O)ccc1-c1nc2c(c(-c3ccccc3)nn2C)c(=O)[nH]1. The van der Waals surface area contributed by atoms with E-state index in [1.165, 1.54) is 7.11 Å². The van der Waals surface area contributed by atoms with Crippen LogP contribution in [-0.4, -0.2) is 32.9 Å². The van der Waals surface area contributed by atoms with E-state index in [9.17, 15) is 9.59 Å². The van der Waals surface area contributed by atoms with Crippen molar-refractivity contribution < 1.29 is 9.53 Å². The number of fused-ring (bicyclic) bond motifs is 1. The fraction of sp³-hybridized carbons (Fsp3) is 0.100. The van der Waals surface area contributed by atoms with Crippen molar-refractivity contribution >= 4 is 22.8 Å². The van der Waals surface area contributed by atoms with Crippen molar-refractivity contribution in [1.29, 1.82) is 0 Å². The summed E-state index contributed by atoms with van der Waals surface area (Å²) in [7, 11) is 3.23. The summed E-state index contributed by atoms with van der Waals surface area (Å²) in [6, 6.07) is 13.7. The monoisotopic (exact) mass is 390 g/mol. The Balaban J connectivity index is 1.88. The molecule has 0 spiro atoms. The van der Waals surface area contributed by atoms with E-state index in [1.807, 2.05) is 30.3 Å². The summed E-state index contributed by atoms with van der Waals surface area (Å²) in [5.74, 6) is 0.747. The van der Waals surface area contributed by atoms with Gasteiger partial charge in [-0.2, -0.15) is 5.10 Å². The Hall–Kier alpha value is -4.14. The van der Waals surface area contributed by atoms with Gasteiger partial charge in [-0.1, -0.05) is 30.3 Å². The number of hydrogen-bond acceptors (Lipinski definition) is 5. The van der Waals surface area contributed by atoms with E-state index in [0.717, 1.165) is 5.56 Å². The van der Waals surface area contributed by atoms with Gasteiger partial charge in [0, 0.05) is 24.4 Å². The minimum Gasteiger partial charge on any atom is -0.496 e. The zero-order chi connectivity index (χ0) is 20.5. The molecular weight excluding hydrogens is 372 g/mol. The van der Waals surface area contributed by atoms with E-state index in [0.29, 0.717) is 39.6 Å². The largest absolute Gasteiger partial charge is 0.496 e. The van der Waals surface area contributed by atoms with E-state index in [-0.39, 0.29) is 5.56 Å². The summed E-state index contributed by atoms with van der Waals surface area (Å²) in [5, 5.41) is 7.38. The lowest BCUT2D eigenvalue weighted by molar-refractivity contribution is 0.259. The zero-order valence-corrected chi connectivity index (χ0v) is 15.8. The average molecular weight is 390 g/mol. The highest BCUT2D eigenvalue weighted by molar-refractivity contribution is 5.92. The first-order valence-corrected chi connectivity index (χ1v) is 8.75. The fourth-order valence-corrected chi connectivity index (χ4v) is 3.19. The Kier molecular flexibility index (Phi) is 4.47. The first-order valence-electron chi connectivity index (χ1n) is 8.75. The number of aromatic amines is 1. The van der Waals surface area contributed by atoms with Crippen molar-refractivity contribution in [3.63, 3.8) is 0 Å². The van der Waals surface area contributed by atoms with E-state index in [2.05, 4.69) is 20.4 Å². The molecule has 29 heavy (non-hydrogen) atoms. The highest BCUT2D eigenvalue weighted by Gasteiger charge is 2.18. The highest BCUT2D eigenvalue weighted by atomic mass is 16.5. The molecule has 0 fully saturated rings. The van der Waals surface area contributed by atoms with Crippen LogP contribution in [0.5, 0.6) is 5.75 Å². The van der Waals surface area contributed by atoms with Crippen LogP contribution in [-0.2, 0) is 7.05 Å². The van der Waals surface area contributed by atoms with Crippen molar-refractivity contribution in [3.8, 4) is 28.4 Å². The molecule has 146 valence electrons. The predicted octanol–water partition coefficient (Wildman–Crippen LogP) is 2.49. The van der Waals surface area contributed by atoms with Crippen LogP contribution in [0.15, 0.2) is 53.3 Å². The summed E-state index contributed by atoms with van der Waals surface area (Å²) < 4.78 is 6.98. The van der Waals surface area contributed by atoms with Crippen molar-refractivity contribution in [3.05, 3.63) is 58.9 Å².